The molecule has 164 valence electrons. The van der Waals surface area contributed by atoms with Gasteiger partial charge in [0.15, 0.2) is 0 Å². The van der Waals surface area contributed by atoms with Crippen molar-refractivity contribution in [1.29, 1.82) is 5.26 Å². The number of carbonyl (C=O) groups is 1. The van der Waals surface area contributed by atoms with Crippen molar-refractivity contribution in [2.45, 2.75) is 18.9 Å². The highest BCUT2D eigenvalue weighted by molar-refractivity contribution is 5.76. The van der Waals surface area contributed by atoms with Crippen molar-refractivity contribution in [3.8, 4) is 17.5 Å². The molecule has 1 saturated heterocycles. The molecule has 0 spiro atoms. The molecule has 7 nitrogen and oxygen atoms in total. The summed E-state index contributed by atoms with van der Waals surface area (Å²) in [6.07, 6.45) is 4.93. The normalized spacial score (nSPS) is 15.2. The molecule has 1 amide bonds. The Morgan fingerprint density at radius 1 is 1.09 bits per heavy atom. The third-order valence-electron chi connectivity index (χ3n) is 5.87. The number of amides is 1. The van der Waals surface area contributed by atoms with Crippen LogP contribution in [0.5, 0.6) is 5.75 Å². The van der Waals surface area contributed by atoms with E-state index in [1.165, 1.54) is 0 Å². The second kappa shape index (κ2) is 10.1. The number of carbonyl (C=O) groups excluding carboxylic acids is 1. The number of rotatable bonds is 7. The van der Waals surface area contributed by atoms with Gasteiger partial charge in [-0.05, 0) is 41.8 Å². The Morgan fingerprint density at radius 3 is 2.47 bits per heavy atom. The minimum atomic E-state index is -0.318. The number of nitriles is 1. The molecule has 0 aliphatic carbocycles. The van der Waals surface area contributed by atoms with Crippen LogP contribution < -0.4 is 4.74 Å². The minimum absolute atomic E-state index is 0.148. The lowest BCUT2D eigenvalue weighted by Gasteiger charge is -2.37. The van der Waals surface area contributed by atoms with Gasteiger partial charge in [-0.2, -0.15) is 10.4 Å². The second-order valence-corrected chi connectivity index (χ2v) is 7.85. The van der Waals surface area contributed by atoms with Crippen LogP contribution in [0, 0.1) is 11.3 Å². The van der Waals surface area contributed by atoms with Gasteiger partial charge in [-0.1, -0.05) is 30.3 Å². The molecular weight excluding hydrogens is 402 g/mol. The van der Waals surface area contributed by atoms with Crippen LogP contribution in [-0.4, -0.2) is 58.8 Å². The van der Waals surface area contributed by atoms with Gasteiger partial charge in [-0.3, -0.25) is 9.69 Å². The Labute approximate surface area is 188 Å². The summed E-state index contributed by atoms with van der Waals surface area (Å²) in [4.78, 5) is 16.8. The van der Waals surface area contributed by atoms with Gasteiger partial charge in [0.25, 0.3) is 0 Å². The highest BCUT2D eigenvalue weighted by Gasteiger charge is 2.27. The van der Waals surface area contributed by atoms with E-state index >= 15 is 0 Å². The Bertz CT molecular complexity index is 1060. The third kappa shape index (κ3) is 4.98. The van der Waals surface area contributed by atoms with E-state index in [0.717, 1.165) is 22.6 Å². The number of aryl methyl sites for hydroxylation is 1. The third-order valence-corrected chi connectivity index (χ3v) is 5.87. The topological polar surface area (TPSA) is 74.4 Å². The first-order valence-electron chi connectivity index (χ1n) is 10.8. The first-order chi connectivity index (χ1) is 15.7. The van der Waals surface area contributed by atoms with Gasteiger partial charge >= 0.3 is 0 Å². The number of benzene rings is 2. The quantitative estimate of drug-likeness (QED) is 0.577. The average molecular weight is 430 g/mol. The molecule has 2 aromatic carbocycles. The zero-order valence-electron chi connectivity index (χ0n) is 18.2. The largest absolute Gasteiger partial charge is 0.497 e. The molecule has 3 aromatic rings. The van der Waals surface area contributed by atoms with Gasteiger partial charge in [-0.25, -0.2) is 4.68 Å². The molecule has 0 radical (unpaired) electrons. The van der Waals surface area contributed by atoms with E-state index in [-0.39, 0.29) is 11.9 Å². The molecule has 0 N–H and O–H groups in total. The summed E-state index contributed by atoms with van der Waals surface area (Å²) in [5, 5.41) is 14.1. The SMILES string of the molecule is COc1ccc(C(C#N)N2CCN(C(=O)CCc3cnn(-c4ccccc4)c3)CC2)cc1. The van der Waals surface area contributed by atoms with Crippen molar-refractivity contribution in [1.82, 2.24) is 19.6 Å². The predicted octanol–water partition coefficient (Wildman–Crippen LogP) is 3.22. The van der Waals surface area contributed by atoms with Gasteiger partial charge in [0.05, 0.1) is 25.1 Å². The monoisotopic (exact) mass is 429 g/mol. The van der Waals surface area contributed by atoms with Crippen LogP contribution in [0.2, 0.25) is 0 Å². The molecule has 1 fully saturated rings. The van der Waals surface area contributed by atoms with Crippen LogP contribution in [0.3, 0.4) is 0 Å². The van der Waals surface area contributed by atoms with E-state index in [2.05, 4.69) is 16.1 Å². The Hall–Kier alpha value is -3.63. The summed E-state index contributed by atoms with van der Waals surface area (Å²) >= 11 is 0. The van der Waals surface area contributed by atoms with Crippen molar-refractivity contribution in [3.05, 3.63) is 78.1 Å². The fourth-order valence-corrected chi connectivity index (χ4v) is 4.00. The number of nitrogens with zero attached hydrogens (tertiary/aromatic N) is 5. The molecule has 1 aromatic heterocycles. The molecule has 7 heteroatoms. The number of hydrogen-bond acceptors (Lipinski definition) is 5. The molecule has 0 saturated carbocycles. The fraction of sp³-hybridized carbons (Fsp3) is 0.320. The summed E-state index contributed by atoms with van der Waals surface area (Å²) in [5.74, 6) is 0.922. The molecule has 2 heterocycles. The van der Waals surface area contributed by atoms with Crippen LogP contribution in [0.4, 0.5) is 0 Å². The van der Waals surface area contributed by atoms with Crippen molar-refractivity contribution in [2.24, 2.45) is 0 Å². The molecule has 1 aliphatic heterocycles. The van der Waals surface area contributed by atoms with Gasteiger partial charge in [0.1, 0.15) is 11.8 Å². The van der Waals surface area contributed by atoms with Crippen LogP contribution >= 0.6 is 0 Å². The summed E-state index contributed by atoms with van der Waals surface area (Å²) in [7, 11) is 1.63. The van der Waals surface area contributed by atoms with E-state index < -0.39 is 0 Å². The van der Waals surface area contributed by atoms with Gasteiger partial charge in [0, 0.05) is 38.8 Å². The van der Waals surface area contributed by atoms with E-state index in [1.807, 2.05) is 76.6 Å². The van der Waals surface area contributed by atoms with Crippen LogP contribution in [-0.2, 0) is 11.2 Å². The molecular formula is C25H27N5O2. The number of piperazine rings is 1. The van der Waals surface area contributed by atoms with Gasteiger partial charge in [-0.15, -0.1) is 0 Å². The van der Waals surface area contributed by atoms with E-state index in [9.17, 15) is 10.1 Å². The zero-order chi connectivity index (χ0) is 22.3. The van der Waals surface area contributed by atoms with E-state index in [4.69, 9.17) is 4.74 Å². The lowest BCUT2D eigenvalue weighted by atomic mass is 10.1. The van der Waals surface area contributed by atoms with E-state index in [0.29, 0.717) is 39.0 Å². The highest BCUT2D eigenvalue weighted by Crippen LogP contribution is 2.24. The van der Waals surface area contributed by atoms with Crippen molar-refractivity contribution in [3.63, 3.8) is 0 Å². The maximum Gasteiger partial charge on any atom is 0.222 e. The maximum atomic E-state index is 12.7. The van der Waals surface area contributed by atoms with Crippen molar-refractivity contribution < 1.29 is 9.53 Å². The summed E-state index contributed by atoms with van der Waals surface area (Å²) < 4.78 is 7.03. The van der Waals surface area contributed by atoms with E-state index in [1.54, 1.807) is 7.11 Å². The van der Waals surface area contributed by atoms with Crippen LogP contribution in [0.1, 0.15) is 23.6 Å². The standard InChI is InChI=1S/C25H27N5O2/c1-32-23-10-8-21(9-11-23)24(17-26)28-13-15-29(16-14-28)25(31)12-7-20-18-27-30(19-20)22-5-3-2-4-6-22/h2-6,8-11,18-19,24H,7,12-16H2,1H3. The second-order valence-electron chi connectivity index (χ2n) is 7.85. The van der Waals surface area contributed by atoms with Crippen molar-refractivity contribution >= 4 is 5.91 Å². The first kappa shape index (κ1) is 21.6. The number of hydrogen-bond donors (Lipinski definition) is 0. The highest BCUT2D eigenvalue weighted by atomic mass is 16.5. The molecule has 32 heavy (non-hydrogen) atoms. The molecule has 1 atom stereocenters. The number of ether oxygens (including phenoxy) is 1. The number of methoxy groups -OCH3 is 1. The first-order valence-corrected chi connectivity index (χ1v) is 10.8. The predicted molar refractivity (Wildman–Crippen MR) is 121 cm³/mol. The van der Waals surface area contributed by atoms with Crippen molar-refractivity contribution in [2.75, 3.05) is 33.3 Å². The Morgan fingerprint density at radius 2 is 1.81 bits per heavy atom. The maximum absolute atomic E-state index is 12.7. The van der Waals surface area contributed by atoms with Gasteiger partial charge < -0.3 is 9.64 Å². The summed E-state index contributed by atoms with van der Waals surface area (Å²) in [5.41, 5.74) is 3.00. The zero-order valence-corrected chi connectivity index (χ0v) is 18.2. The molecule has 4 rings (SSSR count). The van der Waals surface area contributed by atoms with Crippen LogP contribution in [0.25, 0.3) is 5.69 Å². The summed E-state index contributed by atoms with van der Waals surface area (Å²) in [6, 6.07) is 19.6. The Balaban J connectivity index is 1.28. The molecule has 1 unspecified atom stereocenters. The fourth-order valence-electron chi connectivity index (χ4n) is 4.00. The smallest absolute Gasteiger partial charge is 0.222 e. The average Bonchev–Trinajstić information content (AvgIpc) is 3.33. The van der Waals surface area contributed by atoms with Crippen LogP contribution in [0.15, 0.2) is 67.0 Å². The molecule has 0 bridgehead atoms. The minimum Gasteiger partial charge on any atom is -0.497 e. The number of aromatic nitrogens is 2. The Kier molecular flexibility index (Phi) is 6.83. The molecule has 1 aliphatic rings. The lowest BCUT2D eigenvalue weighted by molar-refractivity contribution is -0.133. The number of para-hydroxylation sites is 1. The van der Waals surface area contributed by atoms with Gasteiger partial charge in [0.2, 0.25) is 5.91 Å². The summed E-state index contributed by atoms with van der Waals surface area (Å²) in [6.45, 7) is 2.64. The lowest BCUT2D eigenvalue weighted by Crippen LogP contribution is -2.49.